The number of hydrogen-bond acceptors (Lipinski definition) is 3. The molecular formula is C13H16N2O2. The minimum absolute atomic E-state index is 0.149. The van der Waals surface area contributed by atoms with E-state index in [1.54, 1.807) is 7.11 Å². The monoisotopic (exact) mass is 232 g/mol. The quantitative estimate of drug-likeness (QED) is 0.592. The summed E-state index contributed by atoms with van der Waals surface area (Å²) >= 11 is 0. The van der Waals surface area contributed by atoms with Gasteiger partial charge in [-0.15, -0.1) is 6.42 Å². The van der Waals surface area contributed by atoms with E-state index in [0.29, 0.717) is 18.0 Å². The van der Waals surface area contributed by atoms with E-state index in [-0.39, 0.29) is 12.5 Å². The molecule has 2 N–H and O–H groups in total. The van der Waals surface area contributed by atoms with Crippen LogP contribution in [0.2, 0.25) is 0 Å². The lowest BCUT2D eigenvalue weighted by molar-refractivity contribution is -0.115. The number of carbonyl (C=O) groups is 1. The van der Waals surface area contributed by atoms with Crippen molar-refractivity contribution in [2.75, 3.05) is 25.5 Å². The first-order chi connectivity index (χ1) is 8.17. The fourth-order valence-corrected chi connectivity index (χ4v) is 1.36. The molecule has 4 nitrogen and oxygen atoms in total. The fraction of sp³-hybridized carbons (Fsp3) is 0.308. The molecule has 1 rings (SSSR count). The molecule has 0 saturated heterocycles. The summed E-state index contributed by atoms with van der Waals surface area (Å²) in [5.74, 6) is 2.89. The summed E-state index contributed by atoms with van der Waals surface area (Å²) < 4.78 is 5.16. The Morgan fingerprint density at radius 3 is 2.94 bits per heavy atom. The number of carbonyl (C=O) groups excluding carboxylic acids is 1. The number of ether oxygens (including phenoxy) is 1. The third-order valence-electron chi connectivity index (χ3n) is 2.14. The van der Waals surface area contributed by atoms with Crippen LogP contribution in [0, 0.1) is 19.3 Å². The van der Waals surface area contributed by atoms with Crippen molar-refractivity contribution < 1.29 is 9.53 Å². The molecule has 90 valence electrons. The van der Waals surface area contributed by atoms with E-state index < -0.39 is 0 Å². The van der Waals surface area contributed by atoms with E-state index in [2.05, 4.69) is 16.6 Å². The SMILES string of the molecule is C#CCNCC(=O)Nc1cc(C)ccc1OC. The van der Waals surface area contributed by atoms with Gasteiger partial charge in [-0.3, -0.25) is 10.1 Å². The molecule has 0 atom stereocenters. The maximum atomic E-state index is 11.6. The predicted molar refractivity (Wildman–Crippen MR) is 68.1 cm³/mol. The number of aryl methyl sites for hydroxylation is 1. The first kappa shape index (κ1) is 13.1. The van der Waals surface area contributed by atoms with Crippen LogP contribution >= 0.6 is 0 Å². The molecule has 0 aromatic heterocycles. The number of methoxy groups -OCH3 is 1. The summed E-state index contributed by atoms with van der Waals surface area (Å²) in [6.07, 6.45) is 5.07. The van der Waals surface area contributed by atoms with Gasteiger partial charge in [0, 0.05) is 0 Å². The third kappa shape index (κ3) is 4.17. The molecule has 0 aliphatic heterocycles. The minimum atomic E-state index is -0.149. The number of hydrogen-bond donors (Lipinski definition) is 2. The lowest BCUT2D eigenvalue weighted by Gasteiger charge is -2.10. The van der Waals surface area contributed by atoms with E-state index >= 15 is 0 Å². The van der Waals surface area contributed by atoms with Crippen LogP contribution in [0.3, 0.4) is 0 Å². The molecule has 0 saturated carbocycles. The summed E-state index contributed by atoms with van der Waals surface area (Å²) in [6, 6.07) is 5.60. The molecule has 1 aromatic rings. The molecular weight excluding hydrogens is 216 g/mol. The van der Waals surface area contributed by atoms with Crippen molar-refractivity contribution in [3.8, 4) is 18.1 Å². The van der Waals surface area contributed by atoms with Crippen LogP contribution < -0.4 is 15.4 Å². The molecule has 0 unspecified atom stereocenters. The van der Waals surface area contributed by atoms with Crippen molar-refractivity contribution >= 4 is 11.6 Å². The van der Waals surface area contributed by atoms with Crippen LogP contribution in [0.5, 0.6) is 5.75 Å². The van der Waals surface area contributed by atoms with Crippen molar-refractivity contribution in [2.45, 2.75) is 6.92 Å². The maximum Gasteiger partial charge on any atom is 0.238 e. The predicted octanol–water partition coefficient (Wildman–Crippen LogP) is 1.16. The summed E-state index contributed by atoms with van der Waals surface area (Å²) in [7, 11) is 1.57. The van der Waals surface area contributed by atoms with Crippen LogP contribution in [-0.2, 0) is 4.79 Å². The van der Waals surface area contributed by atoms with Crippen molar-refractivity contribution in [3.05, 3.63) is 23.8 Å². The van der Waals surface area contributed by atoms with Gasteiger partial charge in [0.05, 0.1) is 25.9 Å². The zero-order valence-electron chi connectivity index (χ0n) is 10.0. The van der Waals surface area contributed by atoms with Crippen molar-refractivity contribution in [3.63, 3.8) is 0 Å². The van der Waals surface area contributed by atoms with Crippen molar-refractivity contribution in [1.29, 1.82) is 0 Å². The smallest absolute Gasteiger partial charge is 0.238 e. The zero-order chi connectivity index (χ0) is 12.7. The highest BCUT2D eigenvalue weighted by Crippen LogP contribution is 2.24. The zero-order valence-corrected chi connectivity index (χ0v) is 10.0. The molecule has 0 radical (unpaired) electrons. The average molecular weight is 232 g/mol. The van der Waals surface area contributed by atoms with Gasteiger partial charge in [0.25, 0.3) is 0 Å². The van der Waals surface area contributed by atoms with Crippen LogP contribution in [-0.4, -0.2) is 26.1 Å². The largest absolute Gasteiger partial charge is 0.495 e. The van der Waals surface area contributed by atoms with Crippen LogP contribution in [0.15, 0.2) is 18.2 Å². The molecule has 0 aliphatic rings. The first-order valence-electron chi connectivity index (χ1n) is 5.26. The Hall–Kier alpha value is -1.99. The Balaban J connectivity index is 2.64. The van der Waals surface area contributed by atoms with Crippen molar-refractivity contribution in [2.24, 2.45) is 0 Å². The van der Waals surface area contributed by atoms with E-state index in [1.165, 1.54) is 0 Å². The van der Waals surface area contributed by atoms with Gasteiger partial charge in [0.15, 0.2) is 0 Å². The average Bonchev–Trinajstić information content (AvgIpc) is 2.29. The van der Waals surface area contributed by atoms with Gasteiger partial charge in [0.1, 0.15) is 5.75 Å². The molecule has 17 heavy (non-hydrogen) atoms. The van der Waals surface area contributed by atoms with Crippen LogP contribution in [0.4, 0.5) is 5.69 Å². The second kappa shape index (κ2) is 6.56. The molecule has 0 spiro atoms. The number of rotatable bonds is 5. The maximum absolute atomic E-state index is 11.6. The highest BCUT2D eigenvalue weighted by Gasteiger charge is 2.06. The molecule has 0 aliphatic carbocycles. The fourth-order valence-electron chi connectivity index (χ4n) is 1.36. The van der Waals surface area contributed by atoms with Gasteiger partial charge >= 0.3 is 0 Å². The number of nitrogens with one attached hydrogen (secondary N) is 2. The van der Waals surface area contributed by atoms with E-state index in [9.17, 15) is 4.79 Å². The van der Waals surface area contributed by atoms with Gasteiger partial charge in [-0.25, -0.2) is 0 Å². The summed E-state index contributed by atoms with van der Waals surface area (Å²) in [6.45, 7) is 2.51. The van der Waals surface area contributed by atoms with E-state index in [0.717, 1.165) is 5.56 Å². The molecule has 1 aromatic carbocycles. The Bertz CT molecular complexity index is 436. The van der Waals surface area contributed by atoms with Gasteiger partial charge in [-0.05, 0) is 24.6 Å². The summed E-state index contributed by atoms with van der Waals surface area (Å²) in [5, 5.41) is 5.58. The van der Waals surface area contributed by atoms with Crippen LogP contribution in [0.1, 0.15) is 5.56 Å². The van der Waals surface area contributed by atoms with Gasteiger partial charge in [-0.1, -0.05) is 12.0 Å². The second-order valence-electron chi connectivity index (χ2n) is 3.56. The van der Waals surface area contributed by atoms with Crippen molar-refractivity contribution in [1.82, 2.24) is 5.32 Å². The summed E-state index contributed by atoms with van der Waals surface area (Å²) in [4.78, 5) is 11.6. The second-order valence-corrected chi connectivity index (χ2v) is 3.56. The third-order valence-corrected chi connectivity index (χ3v) is 2.14. The number of amides is 1. The lowest BCUT2D eigenvalue weighted by Crippen LogP contribution is -2.28. The number of terminal acetylenes is 1. The van der Waals surface area contributed by atoms with Gasteiger partial charge < -0.3 is 10.1 Å². The molecule has 0 bridgehead atoms. The Morgan fingerprint density at radius 1 is 1.53 bits per heavy atom. The van der Waals surface area contributed by atoms with E-state index in [1.807, 2.05) is 25.1 Å². The molecule has 0 fully saturated rings. The highest BCUT2D eigenvalue weighted by atomic mass is 16.5. The van der Waals surface area contributed by atoms with Gasteiger partial charge in [-0.2, -0.15) is 0 Å². The topological polar surface area (TPSA) is 50.4 Å². The Morgan fingerprint density at radius 2 is 2.29 bits per heavy atom. The first-order valence-corrected chi connectivity index (χ1v) is 5.26. The molecule has 0 heterocycles. The minimum Gasteiger partial charge on any atom is -0.495 e. The summed E-state index contributed by atoms with van der Waals surface area (Å²) in [5.41, 5.74) is 1.72. The normalized spacial score (nSPS) is 9.47. The lowest BCUT2D eigenvalue weighted by atomic mass is 10.2. The standard InChI is InChI=1S/C13H16N2O2/c1-4-7-14-9-13(16)15-11-8-10(2)5-6-12(11)17-3/h1,5-6,8,14H,7,9H2,2-3H3,(H,15,16). The highest BCUT2D eigenvalue weighted by molar-refractivity contribution is 5.93. The Labute approximate surface area is 101 Å². The van der Waals surface area contributed by atoms with Crippen LogP contribution in [0.25, 0.3) is 0 Å². The van der Waals surface area contributed by atoms with Gasteiger partial charge in [0.2, 0.25) is 5.91 Å². The van der Waals surface area contributed by atoms with E-state index in [4.69, 9.17) is 11.2 Å². The molecule has 4 heteroatoms. The molecule has 1 amide bonds. The Kier molecular flexibility index (Phi) is 5.05. The number of anilines is 1. The number of benzene rings is 1.